The number of halogens is 2. The molecule has 3 nitrogen and oxygen atoms in total. The van der Waals surface area contributed by atoms with Crippen LogP contribution in [0.15, 0.2) is 18.2 Å². The molecule has 0 aromatic heterocycles. The minimum atomic E-state index is -0.898. The molecule has 1 aromatic carbocycles. The summed E-state index contributed by atoms with van der Waals surface area (Å²) in [6.07, 6.45) is 0. The predicted molar refractivity (Wildman–Crippen MR) is 68.6 cm³/mol. The van der Waals surface area contributed by atoms with Crippen molar-refractivity contribution < 1.29 is 18.3 Å². The second-order valence-electron chi connectivity index (χ2n) is 4.78. The van der Waals surface area contributed by atoms with Crippen molar-refractivity contribution in [3.8, 4) is 0 Å². The lowest BCUT2D eigenvalue weighted by Gasteiger charge is -2.24. The molecule has 0 bridgehead atoms. The van der Waals surface area contributed by atoms with Crippen LogP contribution in [-0.4, -0.2) is 19.1 Å². The van der Waals surface area contributed by atoms with Gasteiger partial charge in [0.2, 0.25) is 0 Å². The van der Waals surface area contributed by atoms with Gasteiger partial charge in [-0.05, 0) is 18.9 Å². The monoisotopic (exact) mass is 271 g/mol. The Morgan fingerprint density at radius 1 is 1.26 bits per heavy atom. The van der Waals surface area contributed by atoms with E-state index < -0.39 is 29.7 Å². The summed E-state index contributed by atoms with van der Waals surface area (Å²) in [5, 5.41) is 2.97. The second-order valence-corrected chi connectivity index (χ2v) is 4.78. The third kappa shape index (κ3) is 3.73. The molecule has 1 N–H and O–H groups in total. The largest absolute Gasteiger partial charge is 0.468 e. The van der Waals surface area contributed by atoms with Gasteiger partial charge in [0.05, 0.1) is 7.11 Å². The topological polar surface area (TPSA) is 38.3 Å². The lowest BCUT2D eigenvalue weighted by atomic mass is 10.0. The van der Waals surface area contributed by atoms with Crippen molar-refractivity contribution in [3.05, 3.63) is 35.4 Å². The zero-order valence-corrected chi connectivity index (χ0v) is 11.5. The Kier molecular flexibility index (Phi) is 5.42. The average Bonchev–Trinajstić information content (AvgIpc) is 2.37. The van der Waals surface area contributed by atoms with E-state index in [-0.39, 0.29) is 11.5 Å². The van der Waals surface area contributed by atoms with E-state index in [9.17, 15) is 13.6 Å². The molecule has 0 fully saturated rings. The van der Waals surface area contributed by atoms with E-state index >= 15 is 0 Å². The first-order valence-corrected chi connectivity index (χ1v) is 6.16. The van der Waals surface area contributed by atoms with E-state index in [0.717, 1.165) is 6.07 Å². The summed E-state index contributed by atoms with van der Waals surface area (Å²) in [7, 11) is 1.30. The Hall–Kier alpha value is -1.49. The number of carbonyl (C=O) groups is 1. The first-order valence-electron chi connectivity index (χ1n) is 6.16. The normalized spacial score (nSPS) is 14.3. The zero-order valence-electron chi connectivity index (χ0n) is 11.5. The molecule has 0 amide bonds. The first-order chi connectivity index (χ1) is 8.88. The summed E-state index contributed by atoms with van der Waals surface area (Å²) in [4.78, 5) is 11.6. The first kappa shape index (κ1) is 15.6. The van der Waals surface area contributed by atoms with E-state index in [1.54, 1.807) is 6.92 Å². The molecule has 0 aliphatic carbocycles. The van der Waals surface area contributed by atoms with Crippen LogP contribution in [0.3, 0.4) is 0 Å². The molecule has 0 saturated carbocycles. The summed E-state index contributed by atoms with van der Waals surface area (Å²) in [6.45, 7) is 5.38. The molecule has 2 atom stereocenters. The summed E-state index contributed by atoms with van der Waals surface area (Å²) >= 11 is 0. The van der Waals surface area contributed by atoms with Crippen LogP contribution in [0, 0.1) is 17.6 Å². The van der Waals surface area contributed by atoms with Crippen molar-refractivity contribution in [1.82, 2.24) is 5.32 Å². The summed E-state index contributed by atoms with van der Waals surface area (Å²) in [6, 6.07) is 2.93. The van der Waals surface area contributed by atoms with Crippen LogP contribution < -0.4 is 5.32 Å². The molecule has 2 unspecified atom stereocenters. The number of hydrogen-bond acceptors (Lipinski definition) is 3. The number of ether oxygens (including phenoxy) is 1. The Morgan fingerprint density at radius 3 is 2.42 bits per heavy atom. The molecule has 0 saturated heterocycles. The Balaban J connectivity index is 2.91. The van der Waals surface area contributed by atoms with E-state index in [2.05, 4.69) is 5.32 Å². The van der Waals surface area contributed by atoms with Crippen molar-refractivity contribution in [2.24, 2.45) is 5.92 Å². The summed E-state index contributed by atoms with van der Waals surface area (Å²) in [5.41, 5.74) is 0.189. The van der Waals surface area contributed by atoms with Gasteiger partial charge >= 0.3 is 5.97 Å². The lowest BCUT2D eigenvalue weighted by Crippen LogP contribution is -2.43. The highest BCUT2D eigenvalue weighted by molar-refractivity contribution is 5.76. The lowest BCUT2D eigenvalue weighted by molar-refractivity contribution is -0.144. The molecule has 106 valence electrons. The molecule has 0 aliphatic heterocycles. The fraction of sp³-hybridized carbons (Fsp3) is 0.500. The van der Waals surface area contributed by atoms with Crippen molar-refractivity contribution in [2.75, 3.05) is 7.11 Å². The van der Waals surface area contributed by atoms with Crippen LogP contribution in [0.4, 0.5) is 8.78 Å². The van der Waals surface area contributed by atoms with Crippen LogP contribution in [0.25, 0.3) is 0 Å². The van der Waals surface area contributed by atoms with E-state index in [1.165, 1.54) is 19.2 Å². The molecule has 1 rings (SSSR count). The maximum Gasteiger partial charge on any atom is 0.323 e. The minimum absolute atomic E-state index is 0.0217. The molecular weight excluding hydrogens is 252 g/mol. The third-order valence-electron chi connectivity index (χ3n) is 3.00. The molecule has 0 radical (unpaired) electrons. The van der Waals surface area contributed by atoms with Gasteiger partial charge in [-0.3, -0.25) is 10.1 Å². The van der Waals surface area contributed by atoms with Gasteiger partial charge in [-0.2, -0.15) is 0 Å². The smallest absolute Gasteiger partial charge is 0.323 e. The molecule has 19 heavy (non-hydrogen) atoms. The van der Waals surface area contributed by atoms with Crippen LogP contribution in [0.5, 0.6) is 0 Å². The van der Waals surface area contributed by atoms with Crippen molar-refractivity contribution in [2.45, 2.75) is 32.9 Å². The van der Waals surface area contributed by atoms with Gasteiger partial charge in [0.25, 0.3) is 0 Å². The van der Waals surface area contributed by atoms with Gasteiger partial charge in [0.15, 0.2) is 11.6 Å². The molecular formula is C14H19F2NO2. The standard InChI is InChI=1S/C14H19F2NO2/c1-8(2)13(14(18)19-4)17-9(3)10-6-5-7-11(15)12(10)16/h5-9,13,17H,1-4H3. The average molecular weight is 271 g/mol. The quantitative estimate of drug-likeness (QED) is 0.837. The molecule has 0 aliphatic rings. The highest BCUT2D eigenvalue weighted by Gasteiger charge is 2.26. The number of carbonyl (C=O) groups excluding carboxylic acids is 1. The Morgan fingerprint density at radius 2 is 1.89 bits per heavy atom. The molecule has 1 aromatic rings. The number of esters is 1. The Labute approximate surface area is 112 Å². The molecule has 5 heteroatoms. The zero-order chi connectivity index (χ0) is 14.6. The SMILES string of the molecule is COC(=O)C(NC(C)c1cccc(F)c1F)C(C)C. The van der Waals surface area contributed by atoms with Crippen LogP contribution in [-0.2, 0) is 9.53 Å². The highest BCUT2D eigenvalue weighted by Crippen LogP contribution is 2.20. The van der Waals surface area contributed by atoms with E-state index in [0.29, 0.717) is 0 Å². The molecule has 0 heterocycles. The van der Waals surface area contributed by atoms with Crippen molar-refractivity contribution >= 4 is 5.97 Å². The van der Waals surface area contributed by atoms with E-state index in [1.807, 2.05) is 13.8 Å². The Bertz CT molecular complexity index is 449. The second kappa shape index (κ2) is 6.61. The maximum absolute atomic E-state index is 13.7. The number of nitrogens with one attached hydrogen (secondary N) is 1. The van der Waals surface area contributed by atoms with Gasteiger partial charge in [-0.25, -0.2) is 8.78 Å². The van der Waals surface area contributed by atoms with Crippen LogP contribution in [0.1, 0.15) is 32.4 Å². The maximum atomic E-state index is 13.7. The van der Waals surface area contributed by atoms with Gasteiger partial charge in [0.1, 0.15) is 6.04 Å². The number of hydrogen-bond donors (Lipinski definition) is 1. The van der Waals surface area contributed by atoms with Gasteiger partial charge < -0.3 is 4.74 Å². The number of benzene rings is 1. The van der Waals surface area contributed by atoms with E-state index in [4.69, 9.17) is 4.74 Å². The molecule has 0 spiro atoms. The highest BCUT2D eigenvalue weighted by atomic mass is 19.2. The fourth-order valence-corrected chi connectivity index (χ4v) is 1.87. The number of methoxy groups -OCH3 is 1. The third-order valence-corrected chi connectivity index (χ3v) is 3.00. The van der Waals surface area contributed by atoms with Crippen LogP contribution in [0.2, 0.25) is 0 Å². The van der Waals surface area contributed by atoms with Crippen molar-refractivity contribution in [1.29, 1.82) is 0 Å². The summed E-state index contributed by atoms with van der Waals surface area (Å²) in [5.74, 6) is -2.23. The number of rotatable bonds is 5. The summed E-state index contributed by atoms with van der Waals surface area (Å²) < 4.78 is 31.5. The van der Waals surface area contributed by atoms with Gasteiger partial charge in [0, 0.05) is 11.6 Å². The minimum Gasteiger partial charge on any atom is -0.468 e. The van der Waals surface area contributed by atoms with Crippen LogP contribution >= 0.6 is 0 Å². The predicted octanol–water partition coefficient (Wildman–Crippen LogP) is 2.81. The van der Waals surface area contributed by atoms with Crippen molar-refractivity contribution in [3.63, 3.8) is 0 Å². The van der Waals surface area contributed by atoms with Gasteiger partial charge in [-0.1, -0.05) is 26.0 Å². The van der Waals surface area contributed by atoms with Gasteiger partial charge in [-0.15, -0.1) is 0 Å². The fourth-order valence-electron chi connectivity index (χ4n) is 1.87.